The Balaban J connectivity index is 1.90. The fraction of sp³-hybridized carbons (Fsp3) is 0.706. The van der Waals surface area contributed by atoms with E-state index in [1.165, 1.54) is 11.3 Å². The number of nitrogens with one attached hydrogen (secondary N) is 1. The molecule has 0 spiro atoms. The van der Waals surface area contributed by atoms with Crippen molar-refractivity contribution in [1.82, 2.24) is 10.2 Å². The maximum absolute atomic E-state index is 12.5. The molecule has 1 saturated heterocycles. The van der Waals surface area contributed by atoms with Crippen LogP contribution in [0.3, 0.4) is 0 Å². The maximum atomic E-state index is 12.5. The lowest BCUT2D eigenvalue weighted by molar-refractivity contribution is -0.00662. The van der Waals surface area contributed by atoms with Gasteiger partial charge in [-0.25, -0.2) is 4.79 Å². The highest BCUT2D eigenvalue weighted by molar-refractivity contribution is 7.10. The molecule has 0 aromatic carbocycles. The number of aliphatic hydroxyl groups is 1. The van der Waals surface area contributed by atoms with Crippen LogP contribution in [0.1, 0.15) is 44.1 Å². The summed E-state index contributed by atoms with van der Waals surface area (Å²) in [7, 11) is 0. The Labute approximate surface area is 142 Å². The number of hydrogen-bond acceptors (Lipinski definition) is 4. The summed E-state index contributed by atoms with van der Waals surface area (Å²) in [5.41, 5.74) is 0. The van der Waals surface area contributed by atoms with Gasteiger partial charge in [0, 0.05) is 24.4 Å². The lowest BCUT2D eigenvalue weighted by atomic mass is 10.0. The average Bonchev–Trinajstić information content (AvgIpc) is 3.10. The molecule has 2 heterocycles. The van der Waals surface area contributed by atoms with Gasteiger partial charge in [0.1, 0.15) is 0 Å². The molecule has 0 radical (unpaired) electrons. The molecular weight excluding hydrogens is 312 g/mol. The Kier molecular flexibility index (Phi) is 7.33. The summed E-state index contributed by atoms with van der Waals surface area (Å²) in [4.78, 5) is 15.3. The van der Waals surface area contributed by atoms with E-state index in [2.05, 4.69) is 19.2 Å². The highest BCUT2D eigenvalue weighted by Crippen LogP contribution is 2.26. The predicted octanol–water partition coefficient (Wildman–Crippen LogP) is 3.02. The number of nitrogens with zero attached hydrogens (tertiary/aromatic N) is 1. The number of carbonyl (C=O) groups excluding carboxylic acids is 1. The van der Waals surface area contributed by atoms with Crippen LogP contribution >= 0.6 is 11.3 Å². The molecule has 6 heteroatoms. The van der Waals surface area contributed by atoms with E-state index in [-0.39, 0.29) is 12.1 Å². The van der Waals surface area contributed by atoms with Crippen LogP contribution < -0.4 is 5.32 Å². The van der Waals surface area contributed by atoms with Crippen LogP contribution in [0.2, 0.25) is 0 Å². The molecule has 2 rings (SSSR count). The van der Waals surface area contributed by atoms with E-state index >= 15 is 0 Å². The summed E-state index contributed by atoms with van der Waals surface area (Å²) in [5, 5.41) is 15.4. The van der Waals surface area contributed by atoms with Gasteiger partial charge >= 0.3 is 6.03 Å². The van der Waals surface area contributed by atoms with Gasteiger partial charge in [0.25, 0.3) is 0 Å². The standard InChI is InChI=1S/C17H28N2O3S/c1-3-13(4-2)11-18-17(21)19-7-8-22-12-14(19)10-15(20)16-6-5-9-23-16/h5-6,9,13-15,20H,3-4,7-8,10-12H2,1-2H3,(H,18,21). The second-order valence-corrected chi connectivity index (χ2v) is 7.04. The third kappa shape index (κ3) is 5.19. The van der Waals surface area contributed by atoms with Gasteiger partial charge in [0.15, 0.2) is 0 Å². The van der Waals surface area contributed by atoms with Crippen molar-refractivity contribution in [3.8, 4) is 0 Å². The van der Waals surface area contributed by atoms with E-state index < -0.39 is 6.10 Å². The van der Waals surface area contributed by atoms with Crippen molar-refractivity contribution in [2.75, 3.05) is 26.3 Å². The lowest BCUT2D eigenvalue weighted by Gasteiger charge is -2.36. The fourth-order valence-corrected chi connectivity index (χ4v) is 3.61. The Hall–Kier alpha value is -1.11. The summed E-state index contributed by atoms with van der Waals surface area (Å²) in [6, 6.07) is 3.74. The summed E-state index contributed by atoms with van der Waals surface area (Å²) in [6.07, 6.45) is 2.11. The van der Waals surface area contributed by atoms with Gasteiger partial charge in [0.2, 0.25) is 0 Å². The third-order valence-corrected chi connectivity index (χ3v) is 5.53. The van der Waals surface area contributed by atoms with Crippen LogP contribution in [0.25, 0.3) is 0 Å². The number of hydrogen-bond donors (Lipinski definition) is 2. The number of rotatable bonds is 7. The van der Waals surface area contributed by atoms with Crippen molar-refractivity contribution in [3.05, 3.63) is 22.4 Å². The molecule has 2 unspecified atom stereocenters. The van der Waals surface area contributed by atoms with Crippen molar-refractivity contribution < 1.29 is 14.6 Å². The van der Waals surface area contributed by atoms with Crippen LogP contribution in [0.4, 0.5) is 4.79 Å². The molecule has 2 atom stereocenters. The van der Waals surface area contributed by atoms with E-state index in [0.29, 0.717) is 38.6 Å². The van der Waals surface area contributed by atoms with Crippen LogP contribution in [0.5, 0.6) is 0 Å². The number of carbonyl (C=O) groups is 1. The predicted molar refractivity (Wildman–Crippen MR) is 92.7 cm³/mol. The summed E-state index contributed by atoms with van der Waals surface area (Å²) in [6.45, 7) is 6.63. The van der Waals surface area contributed by atoms with E-state index in [1.807, 2.05) is 22.4 Å². The molecule has 130 valence electrons. The van der Waals surface area contributed by atoms with E-state index in [9.17, 15) is 9.90 Å². The largest absolute Gasteiger partial charge is 0.387 e. The minimum Gasteiger partial charge on any atom is -0.387 e. The monoisotopic (exact) mass is 340 g/mol. The SMILES string of the molecule is CCC(CC)CNC(=O)N1CCOCC1CC(O)c1cccs1. The van der Waals surface area contributed by atoms with Crippen molar-refractivity contribution in [3.63, 3.8) is 0 Å². The molecule has 1 aliphatic heterocycles. The first-order valence-corrected chi connectivity index (χ1v) is 9.37. The highest BCUT2D eigenvalue weighted by atomic mass is 32.1. The molecule has 0 bridgehead atoms. The zero-order valence-electron chi connectivity index (χ0n) is 14.0. The number of aliphatic hydroxyl groups excluding tert-OH is 1. The zero-order valence-corrected chi connectivity index (χ0v) is 14.8. The van der Waals surface area contributed by atoms with E-state index in [1.54, 1.807) is 0 Å². The molecule has 1 aromatic heterocycles. The molecule has 0 aliphatic carbocycles. The molecular formula is C17H28N2O3S. The Morgan fingerprint density at radius 3 is 2.96 bits per heavy atom. The summed E-state index contributed by atoms with van der Waals surface area (Å²) in [5.74, 6) is 0.523. The Morgan fingerprint density at radius 2 is 2.30 bits per heavy atom. The van der Waals surface area contributed by atoms with Crippen LogP contribution in [-0.4, -0.2) is 48.4 Å². The van der Waals surface area contributed by atoms with Gasteiger partial charge in [-0.15, -0.1) is 11.3 Å². The smallest absolute Gasteiger partial charge is 0.317 e. The number of thiophene rings is 1. The first kappa shape index (κ1) is 18.2. The molecule has 1 aromatic rings. The zero-order chi connectivity index (χ0) is 16.7. The van der Waals surface area contributed by atoms with Crippen molar-refractivity contribution in [2.24, 2.45) is 5.92 Å². The normalized spacial score (nSPS) is 19.8. The Morgan fingerprint density at radius 1 is 1.52 bits per heavy atom. The van der Waals surface area contributed by atoms with Crippen molar-refractivity contribution in [1.29, 1.82) is 0 Å². The van der Waals surface area contributed by atoms with E-state index in [4.69, 9.17) is 4.74 Å². The maximum Gasteiger partial charge on any atom is 0.317 e. The van der Waals surface area contributed by atoms with Gasteiger partial charge in [-0.2, -0.15) is 0 Å². The Bertz CT molecular complexity index is 462. The first-order valence-electron chi connectivity index (χ1n) is 8.49. The topological polar surface area (TPSA) is 61.8 Å². The summed E-state index contributed by atoms with van der Waals surface area (Å²) >= 11 is 1.54. The van der Waals surface area contributed by atoms with Gasteiger partial charge in [0.05, 0.1) is 25.4 Å². The number of urea groups is 1. The first-order chi connectivity index (χ1) is 11.2. The fourth-order valence-electron chi connectivity index (χ4n) is 2.88. The minimum absolute atomic E-state index is 0.0384. The van der Waals surface area contributed by atoms with Crippen molar-refractivity contribution in [2.45, 2.75) is 45.3 Å². The quantitative estimate of drug-likeness (QED) is 0.802. The molecule has 1 fully saturated rings. The summed E-state index contributed by atoms with van der Waals surface area (Å²) < 4.78 is 5.52. The van der Waals surface area contributed by atoms with Gasteiger partial charge in [-0.1, -0.05) is 32.8 Å². The van der Waals surface area contributed by atoms with Crippen molar-refractivity contribution >= 4 is 17.4 Å². The second-order valence-electron chi connectivity index (χ2n) is 6.06. The average molecular weight is 340 g/mol. The number of ether oxygens (including phenoxy) is 1. The molecule has 1 aliphatic rings. The molecule has 23 heavy (non-hydrogen) atoms. The van der Waals surface area contributed by atoms with E-state index in [0.717, 1.165) is 17.7 Å². The molecule has 0 saturated carbocycles. The molecule has 2 amide bonds. The molecule has 2 N–H and O–H groups in total. The second kappa shape index (κ2) is 9.25. The number of morpholine rings is 1. The molecule has 5 nitrogen and oxygen atoms in total. The van der Waals surface area contributed by atoms with Gasteiger partial charge in [-0.3, -0.25) is 0 Å². The van der Waals surface area contributed by atoms with Crippen LogP contribution in [0.15, 0.2) is 17.5 Å². The van der Waals surface area contributed by atoms with Crippen LogP contribution in [-0.2, 0) is 4.74 Å². The van der Waals surface area contributed by atoms with Gasteiger partial charge < -0.3 is 20.1 Å². The lowest BCUT2D eigenvalue weighted by Crippen LogP contribution is -2.53. The third-order valence-electron chi connectivity index (χ3n) is 4.55. The highest BCUT2D eigenvalue weighted by Gasteiger charge is 2.29. The number of amides is 2. The van der Waals surface area contributed by atoms with Crippen LogP contribution in [0, 0.1) is 5.92 Å². The minimum atomic E-state index is -0.545. The van der Waals surface area contributed by atoms with Gasteiger partial charge in [-0.05, 0) is 17.4 Å².